The summed E-state index contributed by atoms with van der Waals surface area (Å²) in [6.45, 7) is -0.216. The van der Waals surface area contributed by atoms with E-state index in [0.717, 1.165) is 0 Å². The van der Waals surface area contributed by atoms with E-state index in [-0.39, 0.29) is 18.8 Å². The van der Waals surface area contributed by atoms with Crippen LogP contribution in [0.5, 0.6) is 0 Å². The first kappa shape index (κ1) is 12.8. The van der Waals surface area contributed by atoms with Crippen molar-refractivity contribution in [2.75, 3.05) is 27.9 Å². The van der Waals surface area contributed by atoms with E-state index >= 15 is 0 Å². The third kappa shape index (κ3) is 2.47. The van der Waals surface area contributed by atoms with Gasteiger partial charge < -0.3 is 29.7 Å². The van der Waals surface area contributed by atoms with Gasteiger partial charge in [0, 0.05) is 14.2 Å². The van der Waals surface area contributed by atoms with E-state index in [0.29, 0.717) is 0 Å². The van der Waals surface area contributed by atoms with Crippen LogP contribution in [0.25, 0.3) is 0 Å². The zero-order valence-electron chi connectivity index (χ0n) is 9.21. The van der Waals surface area contributed by atoms with E-state index in [9.17, 15) is 5.11 Å². The number of aliphatic hydroxyl groups excluding tert-OH is 2. The van der Waals surface area contributed by atoms with Gasteiger partial charge in [-0.1, -0.05) is 0 Å². The number of hydrogen-bond donors (Lipinski definition) is 3. The SMILES string of the molecule is CNC1C(O)OC(CO)C(OC)C1OC. The Balaban J connectivity index is 2.80. The van der Waals surface area contributed by atoms with Crippen LogP contribution in [0.15, 0.2) is 0 Å². The third-order valence-electron chi connectivity index (χ3n) is 2.72. The minimum atomic E-state index is -1.01. The summed E-state index contributed by atoms with van der Waals surface area (Å²) in [7, 11) is 4.76. The Bertz CT molecular complexity index is 191. The summed E-state index contributed by atoms with van der Waals surface area (Å²) in [4.78, 5) is 0. The summed E-state index contributed by atoms with van der Waals surface area (Å²) in [6.07, 6.45) is -2.34. The van der Waals surface area contributed by atoms with Crippen LogP contribution >= 0.6 is 0 Å². The highest BCUT2D eigenvalue weighted by molar-refractivity contribution is 4.93. The molecule has 1 aliphatic rings. The van der Waals surface area contributed by atoms with Crippen molar-refractivity contribution >= 4 is 0 Å². The molecule has 6 nitrogen and oxygen atoms in total. The van der Waals surface area contributed by atoms with Crippen molar-refractivity contribution in [3.8, 4) is 0 Å². The molecule has 0 amide bonds. The van der Waals surface area contributed by atoms with Gasteiger partial charge in [-0.25, -0.2) is 0 Å². The summed E-state index contributed by atoms with van der Waals surface area (Å²) in [6, 6.07) is -0.372. The molecular formula is C9H19NO5. The molecule has 0 bridgehead atoms. The van der Waals surface area contributed by atoms with Crippen LogP contribution in [0.1, 0.15) is 0 Å². The highest BCUT2D eigenvalue weighted by Gasteiger charge is 2.45. The maximum absolute atomic E-state index is 9.65. The molecule has 1 fully saturated rings. The lowest BCUT2D eigenvalue weighted by atomic mass is 9.97. The highest BCUT2D eigenvalue weighted by Crippen LogP contribution is 2.23. The number of aliphatic hydroxyl groups is 2. The molecule has 0 aromatic heterocycles. The Morgan fingerprint density at radius 2 is 1.87 bits per heavy atom. The molecule has 0 saturated carbocycles. The minimum absolute atomic E-state index is 0.216. The molecule has 0 spiro atoms. The fraction of sp³-hybridized carbons (Fsp3) is 1.00. The van der Waals surface area contributed by atoms with Crippen LogP contribution in [0, 0.1) is 0 Å². The van der Waals surface area contributed by atoms with Crippen LogP contribution < -0.4 is 5.32 Å². The van der Waals surface area contributed by atoms with Crippen LogP contribution in [0.3, 0.4) is 0 Å². The number of rotatable bonds is 4. The largest absolute Gasteiger partial charge is 0.394 e. The molecule has 1 rings (SSSR count). The molecule has 0 aromatic rings. The first-order valence-corrected chi connectivity index (χ1v) is 4.86. The van der Waals surface area contributed by atoms with Gasteiger partial charge in [0.15, 0.2) is 6.29 Å². The zero-order chi connectivity index (χ0) is 11.4. The van der Waals surface area contributed by atoms with Crippen LogP contribution in [0.4, 0.5) is 0 Å². The summed E-state index contributed by atoms with van der Waals surface area (Å²) >= 11 is 0. The number of nitrogens with one attached hydrogen (secondary N) is 1. The fourth-order valence-corrected chi connectivity index (χ4v) is 1.94. The van der Waals surface area contributed by atoms with Gasteiger partial charge in [0.2, 0.25) is 0 Å². The molecular weight excluding hydrogens is 202 g/mol. The first-order valence-electron chi connectivity index (χ1n) is 4.86. The Morgan fingerprint density at radius 1 is 1.27 bits per heavy atom. The van der Waals surface area contributed by atoms with E-state index < -0.39 is 18.5 Å². The smallest absolute Gasteiger partial charge is 0.173 e. The second kappa shape index (κ2) is 5.74. The van der Waals surface area contributed by atoms with E-state index in [2.05, 4.69) is 5.32 Å². The van der Waals surface area contributed by atoms with Crippen molar-refractivity contribution in [1.29, 1.82) is 0 Å². The second-order valence-electron chi connectivity index (χ2n) is 3.46. The molecule has 0 aliphatic carbocycles. The van der Waals surface area contributed by atoms with Gasteiger partial charge in [-0.2, -0.15) is 0 Å². The molecule has 15 heavy (non-hydrogen) atoms. The van der Waals surface area contributed by atoms with Crippen molar-refractivity contribution in [1.82, 2.24) is 5.32 Å². The Kier molecular flexibility index (Phi) is 4.91. The molecule has 5 atom stereocenters. The Labute approximate surface area is 89.1 Å². The number of ether oxygens (including phenoxy) is 3. The molecule has 3 N–H and O–H groups in total. The Morgan fingerprint density at radius 3 is 2.27 bits per heavy atom. The van der Waals surface area contributed by atoms with Crippen LogP contribution in [0.2, 0.25) is 0 Å². The molecule has 1 heterocycles. The van der Waals surface area contributed by atoms with Crippen molar-refractivity contribution < 1.29 is 24.4 Å². The van der Waals surface area contributed by atoms with Crippen LogP contribution in [-0.2, 0) is 14.2 Å². The molecule has 6 heteroatoms. The first-order chi connectivity index (χ1) is 7.19. The number of likely N-dealkylation sites (N-methyl/N-ethyl adjacent to an activating group) is 1. The standard InChI is InChI=1S/C9H19NO5/c1-10-6-8(14-3)7(13-2)5(4-11)15-9(6)12/h5-12H,4H2,1-3H3. The maximum Gasteiger partial charge on any atom is 0.173 e. The second-order valence-corrected chi connectivity index (χ2v) is 3.46. The highest BCUT2D eigenvalue weighted by atomic mass is 16.6. The van der Waals surface area contributed by atoms with E-state index in [1.165, 1.54) is 14.2 Å². The molecule has 1 saturated heterocycles. The number of methoxy groups -OCH3 is 2. The molecule has 1 aliphatic heterocycles. The molecule has 5 unspecified atom stereocenters. The normalized spacial score (nSPS) is 41.8. The fourth-order valence-electron chi connectivity index (χ4n) is 1.94. The minimum Gasteiger partial charge on any atom is -0.394 e. The van der Waals surface area contributed by atoms with Gasteiger partial charge in [-0.15, -0.1) is 0 Å². The van der Waals surface area contributed by atoms with Crippen LogP contribution in [-0.4, -0.2) is 68.7 Å². The van der Waals surface area contributed by atoms with Crippen molar-refractivity contribution in [3.05, 3.63) is 0 Å². The van der Waals surface area contributed by atoms with Crippen molar-refractivity contribution in [3.63, 3.8) is 0 Å². The van der Waals surface area contributed by atoms with Crippen molar-refractivity contribution in [2.24, 2.45) is 0 Å². The van der Waals surface area contributed by atoms with Gasteiger partial charge in [-0.3, -0.25) is 0 Å². The van der Waals surface area contributed by atoms with Gasteiger partial charge >= 0.3 is 0 Å². The summed E-state index contributed by atoms with van der Waals surface area (Å²) in [5, 5.41) is 21.6. The van der Waals surface area contributed by atoms with Gasteiger partial charge in [0.05, 0.1) is 12.6 Å². The maximum atomic E-state index is 9.65. The lowest BCUT2D eigenvalue weighted by Crippen LogP contribution is -2.63. The summed E-state index contributed by atoms with van der Waals surface area (Å²) in [5.74, 6) is 0. The molecule has 90 valence electrons. The topological polar surface area (TPSA) is 80.2 Å². The van der Waals surface area contributed by atoms with Gasteiger partial charge in [-0.05, 0) is 7.05 Å². The van der Waals surface area contributed by atoms with E-state index in [4.69, 9.17) is 19.3 Å². The third-order valence-corrected chi connectivity index (χ3v) is 2.72. The Hall–Kier alpha value is -0.240. The lowest BCUT2D eigenvalue weighted by molar-refractivity contribution is -0.263. The zero-order valence-corrected chi connectivity index (χ0v) is 9.21. The molecule has 0 radical (unpaired) electrons. The average molecular weight is 221 g/mol. The summed E-state index contributed by atoms with van der Waals surface area (Å²) < 4.78 is 15.7. The summed E-state index contributed by atoms with van der Waals surface area (Å²) in [5.41, 5.74) is 0. The monoisotopic (exact) mass is 221 g/mol. The van der Waals surface area contributed by atoms with Gasteiger partial charge in [0.25, 0.3) is 0 Å². The molecule has 0 aromatic carbocycles. The average Bonchev–Trinajstić information content (AvgIpc) is 2.27. The quantitative estimate of drug-likeness (QED) is 0.526. The number of hydrogen-bond acceptors (Lipinski definition) is 6. The van der Waals surface area contributed by atoms with E-state index in [1.54, 1.807) is 7.05 Å². The predicted molar refractivity (Wildman–Crippen MR) is 52.4 cm³/mol. The van der Waals surface area contributed by atoms with Gasteiger partial charge in [0.1, 0.15) is 18.3 Å². The van der Waals surface area contributed by atoms with E-state index in [1.807, 2.05) is 0 Å². The van der Waals surface area contributed by atoms with Crippen molar-refractivity contribution in [2.45, 2.75) is 30.6 Å². The predicted octanol–water partition coefficient (Wildman–Crippen LogP) is -1.69. The lowest BCUT2D eigenvalue weighted by Gasteiger charge is -2.43.